The van der Waals surface area contributed by atoms with Crippen LogP contribution in [0.3, 0.4) is 0 Å². The summed E-state index contributed by atoms with van der Waals surface area (Å²) in [5, 5.41) is 17.7. The van der Waals surface area contributed by atoms with Gasteiger partial charge in [0.15, 0.2) is 5.82 Å². The van der Waals surface area contributed by atoms with Gasteiger partial charge >= 0.3 is 0 Å². The smallest absolute Gasteiger partial charge is 0.243 e. The van der Waals surface area contributed by atoms with E-state index in [1.165, 1.54) is 16.4 Å². The number of carbonyl (C=O) groups is 1. The predicted octanol–water partition coefficient (Wildman–Crippen LogP) is 5.99. The number of halogens is 1. The van der Waals surface area contributed by atoms with E-state index >= 15 is 0 Å². The molecule has 1 fully saturated rings. The summed E-state index contributed by atoms with van der Waals surface area (Å²) in [6.45, 7) is 1.54. The third-order valence-corrected chi connectivity index (χ3v) is 11.0. The van der Waals surface area contributed by atoms with E-state index in [-0.39, 0.29) is 42.3 Å². The van der Waals surface area contributed by atoms with Gasteiger partial charge in [-0.2, -0.15) is 9.57 Å². The first-order chi connectivity index (χ1) is 23.8. The van der Waals surface area contributed by atoms with Gasteiger partial charge in [0.25, 0.3) is 0 Å². The number of nitrogens with zero attached hydrogens (tertiary/aromatic N) is 6. The second kappa shape index (κ2) is 15.4. The number of hydrogen-bond donors (Lipinski definition) is 0. The molecule has 250 valence electrons. The second-order valence-corrected chi connectivity index (χ2v) is 14.2. The van der Waals surface area contributed by atoms with Gasteiger partial charge in [-0.3, -0.25) is 4.79 Å². The molecule has 1 aliphatic heterocycles. The molecule has 0 saturated carbocycles. The van der Waals surface area contributed by atoms with Crippen molar-refractivity contribution in [2.24, 2.45) is 5.92 Å². The van der Waals surface area contributed by atoms with E-state index in [0.29, 0.717) is 43.7 Å². The monoisotopic (exact) mass is 676 g/mol. The summed E-state index contributed by atoms with van der Waals surface area (Å²) in [6.07, 6.45) is 3.05. The van der Waals surface area contributed by atoms with Crippen LogP contribution in [0.4, 0.5) is 4.39 Å². The molecule has 0 aliphatic carbocycles. The van der Waals surface area contributed by atoms with Crippen molar-refractivity contribution < 1.29 is 17.6 Å². The normalized spacial score (nSPS) is 14.1. The first-order valence-electron chi connectivity index (χ1n) is 16.3. The van der Waals surface area contributed by atoms with E-state index in [2.05, 4.69) is 40.5 Å². The Morgan fingerprint density at radius 3 is 2.10 bits per heavy atom. The fourth-order valence-electron chi connectivity index (χ4n) is 6.39. The maximum absolute atomic E-state index is 14.3. The molecule has 0 radical (unpaired) electrons. The topological polar surface area (TPSA) is 112 Å². The van der Waals surface area contributed by atoms with E-state index in [1.54, 1.807) is 18.5 Å². The van der Waals surface area contributed by atoms with Crippen LogP contribution in [0.25, 0.3) is 0 Å². The van der Waals surface area contributed by atoms with Crippen molar-refractivity contribution >= 4 is 15.9 Å². The van der Waals surface area contributed by atoms with Crippen molar-refractivity contribution in [3.8, 4) is 6.07 Å². The van der Waals surface area contributed by atoms with E-state index in [0.717, 1.165) is 28.8 Å². The number of sulfonamides is 1. The van der Waals surface area contributed by atoms with Gasteiger partial charge < -0.3 is 9.47 Å². The predicted molar refractivity (Wildman–Crippen MR) is 183 cm³/mol. The van der Waals surface area contributed by atoms with Gasteiger partial charge in [-0.1, -0.05) is 72.8 Å². The Morgan fingerprint density at radius 1 is 0.898 bits per heavy atom. The van der Waals surface area contributed by atoms with Crippen molar-refractivity contribution in [1.82, 2.24) is 24.0 Å². The van der Waals surface area contributed by atoms with Crippen LogP contribution in [-0.4, -0.2) is 57.9 Å². The molecule has 0 unspecified atom stereocenters. The lowest BCUT2D eigenvalue weighted by atomic mass is 9.88. The van der Waals surface area contributed by atoms with Gasteiger partial charge in [-0.25, -0.2) is 12.8 Å². The molecule has 1 aliphatic rings. The first-order valence-corrected chi connectivity index (χ1v) is 17.8. The maximum atomic E-state index is 14.3. The van der Waals surface area contributed by atoms with Crippen LogP contribution < -0.4 is 0 Å². The van der Waals surface area contributed by atoms with E-state index in [4.69, 9.17) is 0 Å². The third-order valence-electron chi connectivity index (χ3n) is 9.12. The number of carbonyl (C=O) groups excluding carboxylic acids is 1. The number of nitriles is 1. The van der Waals surface area contributed by atoms with Crippen molar-refractivity contribution in [3.63, 3.8) is 0 Å². The minimum atomic E-state index is -3.81. The standard InChI is InChI=1S/C38H37FN6O3S/c39-34-15-17-35(18-16-34)49(47,48)45-23-19-33(20-24-45)38(46)43(22-21-36(31-7-3-1-4-8-31)32-9-5-2-6-10-32)27-37-42-41-28-44(37)26-30-13-11-29(25-40)12-14-30/h1-18,28,33,36H,19-24,26-27H2. The zero-order valence-corrected chi connectivity index (χ0v) is 27.8. The average molecular weight is 677 g/mol. The Hall–Kier alpha value is -5.18. The van der Waals surface area contributed by atoms with Gasteiger partial charge in [0.05, 0.1) is 29.6 Å². The number of amides is 1. The van der Waals surface area contributed by atoms with Crippen LogP contribution in [0.5, 0.6) is 0 Å². The zero-order valence-electron chi connectivity index (χ0n) is 27.0. The fraction of sp³-hybridized carbons (Fsp3) is 0.263. The quantitative estimate of drug-likeness (QED) is 0.161. The Kier molecular flexibility index (Phi) is 10.6. The lowest BCUT2D eigenvalue weighted by molar-refractivity contribution is -0.137. The molecule has 1 saturated heterocycles. The SMILES string of the molecule is N#Cc1ccc(Cn2cnnc2CN(CCC(c2ccccc2)c2ccccc2)C(=O)C2CCN(S(=O)(=O)c3ccc(F)cc3)CC2)cc1. The maximum Gasteiger partial charge on any atom is 0.243 e. The molecule has 0 atom stereocenters. The first kappa shape index (κ1) is 33.7. The summed E-state index contributed by atoms with van der Waals surface area (Å²) in [7, 11) is -3.81. The molecule has 49 heavy (non-hydrogen) atoms. The molecule has 0 spiro atoms. The van der Waals surface area contributed by atoms with Crippen LogP contribution in [-0.2, 0) is 27.9 Å². The molecule has 11 heteroatoms. The van der Waals surface area contributed by atoms with E-state index < -0.39 is 15.8 Å². The van der Waals surface area contributed by atoms with Crippen LogP contribution in [0, 0.1) is 23.1 Å². The number of piperidine rings is 1. The Balaban J connectivity index is 1.22. The number of rotatable bonds is 12. The number of benzene rings is 4. The molecular weight excluding hydrogens is 640 g/mol. The lowest BCUT2D eigenvalue weighted by Gasteiger charge is -2.34. The molecule has 0 N–H and O–H groups in total. The summed E-state index contributed by atoms with van der Waals surface area (Å²) < 4.78 is 43.3. The van der Waals surface area contributed by atoms with Gasteiger partial charge in [0.1, 0.15) is 12.1 Å². The summed E-state index contributed by atoms with van der Waals surface area (Å²) in [5.41, 5.74) is 3.86. The molecule has 1 aromatic heterocycles. The van der Waals surface area contributed by atoms with Crippen molar-refractivity contribution in [2.75, 3.05) is 19.6 Å². The van der Waals surface area contributed by atoms with Crippen LogP contribution in [0.2, 0.25) is 0 Å². The molecule has 9 nitrogen and oxygen atoms in total. The highest BCUT2D eigenvalue weighted by molar-refractivity contribution is 7.89. The third kappa shape index (κ3) is 8.11. The average Bonchev–Trinajstić information content (AvgIpc) is 3.58. The molecule has 5 aromatic rings. The molecule has 0 bridgehead atoms. The molecular formula is C38H37FN6O3S. The van der Waals surface area contributed by atoms with Gasteiger partial charge in [-0.15, -0.1) is 10.2 Å². The van der Waals surface area contributed by atoms with Crippen LogP contribution >= 0.6 is 0 Å². The Bertz CT molecular complexity index is 1950. The van der Waals surface area contributed by atoms with Crippen LogP contribution in [0.15, 0.2) is 120 Å². The van der Waals surface area contributed by atoms with Crippen molar-refractivity contribution in [1.29, 1.82) is 5.26 Å². The van der Waals surface area contributed by atoms with E-state index in [1.807, 2.05) is 58.0 Å². The largest absolute Gasteiger partial charge is 0.335 e. The van der Waals surface area contributed by atoms with Gasteiger partial charge in [-0.05, 0) is 72.4 Å². The summed E-state index contributed by atoms with van der Waals surface area (Å²) in [5.74, 6) is -0.243. The molecule has 1 amide bonds. The minimum Gasteiger partial charge on any atom is -0.335 e. The van der Waals surface area contributed by atoms with Gasteiger partial charge in [0, 0.05) is 31.5 Å². The van der Waals surface area contributed by atoms with Gasteiger partial charge in [0.2, 0.25) is 15.9 Å². The minimum absolute atomic E-state index is 0.0368. The number of hydrogen-bond acceptors (Lipinski definition) is 6. The summed E-state index contributed by atoms with van der Waals surface area (Å²) >= 11 is 0. The highest BCUT2D eigenvalue weighted by Crippen LogP contribution is 2.30. The summed E-state index contributed by atoms with van der Waals surface area (Å²) in [6, 6.07) is 34.8. The lowest BCUT2D eigenvalue weighted by Crippen LogP contribution is -2.44. The van der Waals surface area contributed by atoms with Crippen molar-refractivity contribution in [2.45, 2.75) is 43.2 Å². The highest BCUT2D eigenvalue weighted by atomic mass is 32.2. The van der Waals surface area contributed by atoms with Crippen LogP contribution in [0.1, 0.15) is 53.3 Å². The molecule has 4 aromatic carbocycles. The van der Waals surface area contributed by atoms with Crippen molar-refractivity contribution in [3.05, 3.63) is 149 Å². The van der Waals surface area contributed by atoms with E-state index in [9.17, 15) is 22.9 Å². The Morgan fingerprint density at radius 2 is 1.51 bits per heavy atom. The summed E-state index contributed by atoms with van der Waals surface area (Å²) in [4.78, 5) is 16.2. The fourth-order valence-corrected chi connectivity index (χ4v) is 7.86. The number of aromatic nitrogens is 3. The molecule has 2 heterocycles. The zero-order chi connectivity index (χ0) is 34.2. The second-order valence-electron chi connectivity index (χ2n) is 12.2. The Labute approximate surface area is 286 Å². The molecule has 6 rings (SSSR count). The highest BCUT2D eigenvalue weighted by Gasteiger charge is 2.34.